The summed E-state index contributed by atoms with van der Waals surface area (Å²) in [6.07, 6.45) is -1.06. The van der Waals surface area contributed by atoms with E-state index in [1.54, 1.807) is 24.3 Å². The van der Waals surface area contributed by atoms with Gasteiger partial charge in [0.2, 0.25) is 0 Å². The van der Waals surface area contributed by atoms with Gasteiger partial charge in [-0.2, -0.15) is 0 Å². The molecule has 0 aliphatic rings. The molecule has 0 bridgehead atoms. The fraction of sp³-hybridized carbons (Fsp3) is 0.200. The highest BCUT2D eigenvalue weighted by molar-refractivity contribution is 5.99. The molecule has 7 nitrogen and oxygen atoms in total. The first-order valence-electron chi connectivity index (χ1n) is 8.13. The summed E-state index contributed by atoms with van der Waals surface area (Å²) < 4.78 is 9.72. The van der Waals surface area contributed by atoms with E-state index in [0.29, 0.717) is 16.8 Å². The zero-order valence-corrected chi connectivity index (χ0v) is 15.1. The van der Waals surface area contributed by atoms with E-state index in [1.807, 2.05) is 0 Å². The summed E-state index contributed by atoms with van der Waals surface area (Å²) in [4.78, 5) is 47.1. The molecule has 0 aliphatic heterocycles. The minimum Gasteiger partial charge on any atom is -0.465 e. The molecule has 1 atom stereocenters. The largest absolute Gasteiger partial charge is 0.465 e. The smallest absolute Gasteiger partial charge is 0.338 e. The van der Waals surface area contributed by atoms with Crippen LogP contribution in [0.25, 0.3) is 0 Å². The zero-order chi connectivity index (χ0) is 20.0. The van der Waals surface area contributed by atoms with E-state index in [4.69, 9.17) is 4.74 Å². The number of nitrogens with one attached hydrogen (secondary N) is 1. The summed E-state index contributed by atoms with van der Waals surface area (Å²) >= 11 is 0. The number of Topliss-reactive ketones (excluding diaryl/α,β-unsaturated/α-hetero) is 1. The normalized spacial score (nSPS) is 11.2. The molecule has 1 N–H and O–H groups in total. The number of esters is 2. The van der Waals surface area contributed by atoms with Crippen LogP contribution in [0.4, 0.5) is 5.69 Å². The Hall–Kier alpha value is -3.48. The van der Waals surface area contributed by atoms with E-state index in [9.17, 15) is 19.2 Å². The molecule has 0 spiro atoms. The molecule has 0 saturated carbocycles. The summed E-state index contributed by atoms with van der Waals surface area (Å²) in [6, 6.07) is 12.1. The number of anilines is 1. The number of methoxy groups -OCH3 is 1. The van der Waals surface area contributed by atoms with Crippen molar-refractivity contribution in [2.75, 3.05) is 12.4 Å². The van der Waals surface area contributed by atoms with Gasteiger partial charge in [0.15, 0.2) is 11.9 Å². The lowest BCUT2D eigenvalue weighted by Crippen LogP contribution is -2.30. The van der Waals surface area contributed by atoms with E-state index in [0.717, 1.165) is 0 Å². The maximum atomic E-state index is 12.2. The Balaban J connectivity index is 1.99. The quantitative estimate of drug-likeness (QED) is 0.621. The van der Waals surface area contributed by atoms with E-state index in [-0.39, 0.29) is 11.3 Å². The molecular formula is C20H19NO6. The predicted molar refractivity (Wildman–Crippen MR) is 97.7 cm³/mol. The van der Waals surface area contributed by atoms with Gasteiger partial charge in [-0.05, 0) is 50.2 Å². The molecule has 0 aromatic heterocycles. The lowest BCUT2D eigenvalue weighted by atomic mass is 10.1. The maximum absolute atomic E-state index is 12.2. The van der Waals surface area contributed by atoms with E-state index in [1.165, 1.54) is 45.2 Å². The fourth-order valence-electron chi connectivity index (χ4n) is 2.20. The van der Waals surface area contributed by atoms with Gasteiger partial charge in [0.1, 0.15) is 0 Å². The van der Waals surface area contributed by atoms with Crippen LogP contribution < -0.4 is 5.32 Å². The molecule has 0 aliphatic carbocycles. The van der Waals surface area contributed by atoms with Gasteiger partial charge in [-0.25, -0.2) is 9.59 Å². The van der Waals surface area contributed by atoms with Crippen LogP contribution in [0, 0.1) is 0 Å². The van der Waals surface area contributed by atoms with Crippen molar-refractivity contribution in [1.29, 1.82) is 0 Å². The van der Waals surface area contributed by atoms with Gasteiger partial charge in [-0.3, -0.25) is 9.59 Å². The first-order chi connectivity index (χ1) is 12.8. The summed E-state index contributed by atoms with van der Waals surface area (Å²) in [5.41, 5.74) is 1.38. The van der Waals surface area contributed by atoms with Crippen LogP contribution in [-0.4, -0.2) is 36.8 Å². The van der Waals surface area contributed by atoms with Crippen LogP contribution in [0.1, 0.15) is 44.9 Å². The Labute approximate surface area is 156 Å². The lowest BCUT2D eigenvalue weighted by molar-refractivity contribution is -0.123. The predicted octanol–water partition coefficient (Wildman–Crippen LogP) is 2.86. The Morgan fingerprint density at radius 3 is 2.04 bits per heavy atom. The topological polar surface area (TPSA) is 98.8 Å². The van der Waals surface area contributed by atoms with Crippen molar-refractivity contribution < 1.29 is 28.7 Å². The number of hydrogen-bond donors (Lipinski definition) is 1. The molecule has 0 radical (unpaired) electrons. The number of ether oxygens (including phenoxy) is 2. The lowest BCUT2D eigenvalue weighted by Gasteiger charge is -2.14. The van der Waals surface area contributed by atoms with Crippen LogP contribution in [0.2, 0.25) is 0 Å². The Bertz CT molecular complexity index is 872. The third kappa shape index (κ3) is 5.24. The Morgan fingerprint density at radius 1 is 0.889 bits per heavy atom. The van der Waals surface area contributed by atoms with Crippen LogP contribution in [-0.2, 0) is 14.3 Å². The number of amides is 1. The molecule has 1 amide bonds. The van der Waals surface area contributed by atoms with Crippen LogP contribution in [0.3, 0.4) is 0 Å². The SMILES string of the molecule is COC(=O)c1ccc(C(=O)OC(C)C(=O)Nc2cccc(C(C)=O)c2)cc1. The molecule has 2 aromatic rings. The van der Waals surface area contributed by atoms with Crippen LogP contribution in [0.5, 0.6) is 0 Å². The first kappa shape index (κ1) is 19.8. The zero-order valence-electron chi connectivity index (χ0n) is 15.1. The molecule has 2 aromatic carbocycles. The van der Waals surface area contributed by atoms with Crippen molar-refractivity contribution in [3.8, 4) is 0 Å². The van der Waals surface area contributed by atoms with Crippen LogP contribution in [0.15, 0.2) is 48.5 Å². The van der Waals surface area contributed by atoms with Crippen LogP contribution >= 0.6 is 0 Å². The van der Waals surface area contributed by atoms with Crippen molar-refractivity contribution in [3.05, 3.63) is 65.2 Å². The summed E-state index contributed by atoms with van der Waals surface area (Å²) in [5, 5.41) is 2.60. The Kier molecular flexibility index (Phi) is 6.43. The van der Waals surface area contributed by atoms with Gasteiger partial charge in [-0.1, -0.05) is 12.1 Å². The van der Waals surface area contributed by atoms with Crippen molar-refractivity contribution in [2.24, 2.45) is 0 Å². The molecular weight excluding hydrogens is 350 g/mol. The second kappa shape index (κ2) is 8.75. The molecule has 0 heterocycles. The second-order valence-electron chi connectivity index (χ2n) is 5.74. The molecule has 7 heteroatoms. The number of carbonyl (C=O) groups is 4. The monoisotopic (exact) mass is 369 g/mol. The van der Waals surface area contributed by atoms with E-state index < -0.39 is 23.9 Å². The summed E-state index contributed by atoms with van der Waals surface area (Å²) in [6.45, 7) is 2.86. The van der Waals surface area contributed by atoms with Gasteiger partial charge < -0.3 is 14.8 Å². The summed E-state index contributed by atoms with van der Waals surface area (Å²) in [5.74, 6) is -1.88. The Morgan fingerprint density at radius 2 is 1.48 bits per heavy atom. The molecule has 0 fully saturated rings. The average molecular weight is 369 g/mol. The minimum atomic E-state index is -1.06. The van der Waals surface area contributed by atoms with Gasteiger partial charge in [-0.15, -0.1) is 0 Å². The highest BCUT2D eigenvalue weighted by Crippen LogP contribution is 2.13. The number of carbonyl (C=O) groups excluding carboxylic acids is 4. The number of ketones is 1. The maximum Gasteiger partial charge on any atom is 0.338 e. The second-order valence-corrected chi connectivity index (χ2v) is 5.74. The van der Waals surface area contributed by atoms with Gasteiger partial charge in [0.25, 0.3) is 5.91 Å². The molecule has 27 heavy (non-hydrogen) atoms. The first-order valence-corrected chi connectivity index (χ1v) is 8.13. The van der Waals surface area contributed by atoms with E-state index in [2.05, 4.69) is 10.1 Å². The molecule has 1 unspecified atom stereocenters. The highest BCUT2D eigenvalue weighted by atomic mass is 16.5. The fourth-order valence-corrected chi connectivity index (χ4v) is 2.20. The third-order valence-corrected chi connectivity index (χ3v) is 3.73. The van der Waals surface area contributed by atoms with Gasteiger partial charge >= 0.3 is 11.9 Å². The number of benzene rings is 2. The van der Waals surface area contributed by atoms with Crippen molar-refractivity contribution >= 4 is 29.3 Å². The molecule has 2 rings (SSSR count). The summed E-state index contributed by atoms with van der Waals surface area (Å²) in [7, 11) is 1.26. The number of rotatable bonds is 6. The number of hydrogen-bond acceptors (Lipinski definition) is 6. The molecule has 140 valence electrons. The minimum absolute atomic E-state index is 0.124. The van der Waals surface area contributed by atoms with Gasteiger partial charge in [0, 0.05) is 11.3 Å². The van der Waals surface area contributed by atoms with Crippen molar-refractivity contribution in [2.45, 2.75) is 20.0 Å². The average Bonchev–Trinajstić information content (AvgIpc) is 2.67. The molecule has 0 saturated heterocycles. The van der Waals surface area contributed by atoms with Crippen molar-refractivity contribution in [1.82, 2.24) is 0 Å². The third-order valence-electron chi connectivity index (χ3n) is 3.73. The van der Waals surface area contributed by atoms with Gasteiger partial charge in [0.05, 0.1) is 18.2 Å². The highest BCUT2D eigenvalue weighted by Gasteiger charge is 2.19. The standard InChI is InChI=1S/C20H19NO6/c1-12(22)16-5-4-6-17(11-16)21-18(23)13(2)27-20(25)15-9-7-14(8-10-15)19(24)26-3/h4-11,13H,1-3H3,(H,21,23). The van der Waals surface area contributed by atoms with E-state index >= 15 is 0 Å². The van der Waals surface area contributed by atoms with Crippen molar-refractivity contribution in [3.63, 3.8) is 0 Å².